The fraction of sp³-hybridized carbons (Fsp3) is 0.929. The summed E-state index contributed by atoms with van der Waals surface area (Å²) in [4.78, 5) is 15.8. The highest BCUT2D eigenvalue weighted by Gasteiger charge is 2.59. The van der Waals surface area contributed by atoms with Crippen LogP contribution >= 0.6 is 37.2 Å². The summed E-state index contributed by atoms with van der Waals surface area (Å²) in [6, 6.07) is 0. The van der Waals surface area contributed by atoms with E-state index in [1.807, 2.05) is 4.90 Å². The van der Waals surface area contributed by atoms with Crippen molar-refractivity contribution >= 4 is 43.3 Å². The molecule has 0 radical (unpaired) electrons. The Hall–Kier alpha value is -0.240. The minimum absolute atomic E-state index is 0. The first-order valence-electron chi connectivity index (χ1n) is 20.7. The van der Waals surface area contributed by atoms with Crippen molar-refractivity contribution in [2.75, 3.05) is 39.3 Å². The maximum atomic E-state index is 13.8. The molecule has 0 aromatic rings. The van der Waals surface area contributed by atoms with Crippen LogP contribution in [-0.4, -0.2) is 56.4 Å². The molecule has 6 aliphatic rings. The molecule has 5 fully saturated rings. The largest absolute Gasteiger partial charge is 0.446 e. The number of amides is 1. The SMILES string of the molecule is CC(C)CCC[C@@H](C)[C@H]1CC[C@H]2[C@@H]3CC=C4C[C@@H](OC(=O)N(CCCCNCC5(CN)CC5)CC5(CN)CC5)CC[C@]4(C)[C@H]3CC[C@]12C.Cl.Cl.Cl. The Kier molecular flexibility index (Phi) is 16.5. The maximum Gasteiger partial charge on any atom is 0.410 e. The third-order valence-electron chi connectivity index (χ3n) is 15.6. The number of fused-ring (bicyclic) bond motifs is 5. The first kappa shape index (κ1) is 45.2. The van der Waals surface area contributed by atoms with E-state index in [1.165, 1.54) is 70.6 Å². The number of nitrogens with one attached hydrogen (secondary N) is 1. The molecule has 0 saturated heterocycles. The molecule has 6 rings (SSSR count). The predicted octanol–water partition coefficient (Wildman–Crippen LogP) is 9.95. The van der Waals surface area contributed by atoms with E-state index in [0.29, 0.717) is 17.4 Å². The second-order valence-electron chi connectivity index (χ2n) is 19.3. The number of carbonyl (C=O) groups is 1. The summed E-state index contributed by atoms with van der Waals surface area (Å²) in [6.07, 6.45) is 23.6. The number of rotatable bonds is 17. The number of ether oxygens (including phenoxy) is 1. The van der Waals surface area contributed by atoms with Crippen molar-refractivity contribution in [3.63, 3.8) is 0 Å². The van der Waals surface area contributed by atoms with Crippen molar-refractivity contribution in [1.29, 1.82) is 0 Å². The van der Waals surface area contributed by atoms with Gasteiger partial charge in [0.1, 0.15) is 6.10 Å². The first-order chi connectivity index (χ1) is 23.0. The minimum atomic E-state index is -0.0985. The van der Waals surface area contributed by atoms with E-state index in [4.69, 9.17) is 16.2 Å². The molecule has 0 unspecified atom stereocenters. The Bertz CT molecular complexity index is 1150. The minimum Gasteiger partial charge on any atom is -0.446 e. The maximum absolute atomic E-state index is 13.8. The zero-order chi connectivity index (χ0) is 34.2. The molecule has 0 aliphatic heterocycles. The molecule has 9 heteroatoms. The van der Waals surface area contributed by atoms with Gasteiger partial charge in [-0.1, -0.05) is 65.5 Å². The Balaban J connectivity index is 0.00000234. The van der Waals surface area contributed by atoms with Crippen LogP contribution in [0.5, 0.6) is 0 Å². The number of nitrogens with two attached hydrogens (primary N) is 2. The van der Waals surface area contributed by atoms with Crippen LogP contribution in [-0.2, 0) is 4.74 Å². The smallest absolute Gasteiger partial charge is 0.410 e. The van der Waals surface area contributed by atoms with Gasteiger partial charge in [-0.15, -0.1) is 37.2 Å². The van der Waals surface area contributed by atoms with Crippen molar-refractivity contribution in [2.24, 2.45) is 68.6 Å². The lowest BCUT2D eigenvalue weighted by Crippen LogP contribution is -2.51. The lowest BCUT2D eigenvalue weighted by atomic mass is 9.47. The molecule has 0 heterocycles. The van der Waals surface area contributed by atoms with Crippen LogP contribution < -0.4 is 16.8 Å². The number of hydrogen-bond acceptors (Lipinski definition) is 5. The van der Waals surface area contributed by atoms with Gasteiger partial charge in [0.25, 0.3) is 0 Å². The summed E-state index contributed by atoms with van der Waals surface area (Å²) >= 11 is 0. The first-order valence-corrected chi connectivity index (χ1v) is 20.7. The van der Waals surface area contributed by atoms with Crippen LogP contribution in [0.15, 0.2) is 11.6 Å². The normalized spacial score (nSPS) is 34.3. The Morgan fingerprint density at radius 3 is 2.24 bits per heavy atom. The van der Waals surface area contributed by atoms with Gasteiger partial charge in [-0.25, -0.2) is 4.79 Å². The van der Waals surface area contributed by atoms with Gasteiger partial charge in [0, 0.05) is 31.5 Å². The highest BCUT2D eigenvalue weighted by Crippen LogP contribution is 2.67. The highest BCUT2D eigenvalue weighted by atomic mass is 35.5. The van der Waals surface area contributed by atoms with E-state index in [9.17, 15) is 4.79 Å². The van der Waals surface area contributed by atoms with Gasteiger partial charge in [0.15, 0.2) is 0 Å². The molecule has 298 valence electrons. The monoisotopic (exact) mass is 775 g/mol. The molecule has 8 atom stereocenters. The molecule has 5 N–H and O–H groups in total. The molecule has 51 heavy (non-hydrogen) atoms. The zero-order valence-corrected chi connectivity index (χ0v) is 35.5. The van der Waals surface area contributed by atoms with Gasteiger partial charge in [0.2, 0.25) is 0 Å². The third-order valence-corrected chi connectivity index (χ3v) is 15.6. The van der Waals surface area contributed by atoms with E-state index in [2.05, 4.69) is 46.0 Å². The van der Waals surface area contributed by atoms with Gasteiger partial charge in [-0.05, 0) is 155 Å². The Morgan fingerprint density at radius 2 is 1.59 bits per heavy atom. The molecule has 0 aromatic heterocycles. The number of hydrogen-bond donors (Lipinski definition) is 3. The Morgan fingerprint density at radius 1 is 0.882 bits per heavy atom. The van der Waals surface area contributed by atoms with E-state index < -0.39 is 0 Å². The molecule has 0 aromatic carbocycles. The summed E-state index contributed by atoms with van der Waals surface area (Å²) < 4.78 is 6.40. The van der Waals surface area contributed by atoms with Gasteiger partial charge in [-0.2, -0.15) is 0 Å². The van der Waals surface area contributed by atoms with Crippen molar-refractivity contribution < 1.29 is 9.53 Å². The van der Waals surface area contributed by atoms with Crippen LogP contribution in [0.3, 0.4) is 0 Å². The second-order valence-corrected chi connectivity index (χ2v) is 19.3. The molecule has 5 saturated carbocycles. The number of unbranched alkanes of at least 4 members (excludes halogenated alkanes) is 1. The fourth-order valence-electron chi connectivity index (χ4n) is 11.7. The quantitative estimate of drug-likeness (QED) is 0.101. The summed E-state index contributed by atoms with van der Waals surface area (Å²) in [7, 11) is 0. The van der Waals surface area contributed by atoms with Crippen LogP contribution in [0.2, 0.25) is 0 Å². The summed E-state index contributed by atoms with van der Waals surface area (Å²) in [6.45, 7) is 17.6. The van der Waals surface area contributed by atoms with Crippen LogP contribution in [0.25, 0.3) is 0 Å². The fourth-order valence-corrected chi connectivity index (χ4v) is 11.7. The van der Waals surface area contributed by atoms with Gasteiger partial charge in [0.05, 0.1) is 0 Å². The topological polar surface area (TPSA) is 93.6 Å². The molecule has 1 amide bonds. The van der Waals surface area contributed by atoms with E-state index in [0.717, 1.165) is 107 Å². The lowest BCUT2D eigenvalue weighted by molar-refractivity contribution is -0.0595. The second kappa shape index (κ2) is 18.6. The van der Waals surface area contributed by atoms with Crippen LogP contribution in [0, 0.1) is 57.2 Å². The number of halogens is 3. The third kappa shape index (κ3) is 9.96. The lowest BCUT2D eigenvalue weighted by Gasteiger charge is -2.58. The van der Waals surface area contributed by atoms with Crippen molar-refractivity contribution in [3.05, 3.63) is 11.6 Å². The predicted molar refractivity (Wildman–Crippen MR) is 220 cm³/mol. The molecule has 0 bridgehead atoms. The van der Waals surface area contributed by atoms with E-state index in [-0.39, 0.29) is 60.2 Å². The summed E-state index contributed by atoms with van der Waals surface area (Å²) in [5.74, 6) is 5.11. The molecular weight excluding hydrogens is 699 g/mol. The summed E-state index contributed by atoms with van der Waals surface area (Å²) in [5.41, 5.74) is 15.0. The van der Waals surface area contributed by atoms with Crippen LogP contribution in [0.4, 0.5) is 4.79 Å². The van der Waals surface area contributed by atoms with Crippen LogP contribution in [0.1, 0.15) is 144 Å². The number of nitrogens with zero attached hydrogens (tertiary/aromatic N) is 1. The Labute approximate surface area is 331 Å². The van der Waals surface area contributed by atoms with Crippen molar-refractivity contribution in [3.8, 4) is 0 Å². The standard InChI is InChI=1S/C42H74N4O2.3ClH/c1-30(2)9-8-10-31(3)35-13-14-36-34-12-11-32-25-33(15-17-39(32,4)37(34)16-18-40(35,36)5)48-38(47)46(29-42(27-44)21-22-42)24-7-6-23-45-28-41(26-43)19-20-41;;;/h11,30-31,33-37,45H,6-10,12-29,43-44H2,1-5H3;3*1H/t31-,33+,34+,35-,36+,37+,39+,40-;;;/m1.../s1. The molecule has 0 spiro atoms. The van der Waals surface area contributed by atoms with Crippen molar-refractivity contribution in [1.82, 2.24) is 10.2 Å². The average molecular weight is 776 g/mol. The average Bonchev–Trinajstić information content (AvgIpc) is 3.99. The molecular formula is C42H77Cl3N4O2. The van der Waals surface area contributed by atoms with Gasteiger partial charge in [-0.3, -0.25) is 0 Å². The van der Waals surface area contributed by atoms with E-state index >= 15 is 0 Å². The highest BCUT2D eigenvalue weighted by molar-refractivity contribution is 5.86. The zero-order valence-electron chi connectivity index (χ0n) is 33.0. The number of carbonyl (C=O) groups excluding carboxylic acids is 1. The number of allylic oxidation sites excluding steroid dienone is 1. The van der Waals surface area contributed by atoms with Gasteiger partial charge < -0.3 is 26.4 Å². The van der Waals surface area contributed by atoms with Gasteiger partial charge >= 0.3 is 6.09 Å². The molecule has 6 aliphatic carbocycles. The molecule has 6 nitrogen and oxygen atoms in total. The van der Waals surface area contributed by atoms with E-state index in [1.54, 1.807) is 5.57 Å². The summed E-state index contributed by atoms with van der Waals surface area (Å²) in [5, 5.41) is 3.62. The van der Waals surface area contributed by atoms with Crippen molar-refractivity contribution in [2.45, 2.75) is 150 Å².